The summed E-state index contributed by atoms with van der Waals surface area (Å²) in [5.41, 5.74) is 4.73. The number of pyridine rings is 2. The Labute approximate surface area is 224 Å². The van der Waals surface area contributed by atoms with Crippen LogP contribution in [0.15, 0.2) is 91.3 Å². The van der Waals surface area contributed by atoms with Crippen molar-refractivity contribution in [1.82, 2.24) is 19.3 Å². The van der Waals surface area contributed by atoms with Crippen molar-refractivity contribution < 1.29 is 4.79 Å². The molecule has 1 amide bonds. The molecule has 0 atom stereocenters. The first-order valence-electron chi connectivity index (χ1n) is 12.1. The predicted molar refractivity (Wildman–Crippen MR) is 148 cm³/mol. The number of piperazine rings is 1. The maximum atomic E-state index is 13.7. The van der Waals surface area contributed by atoms with Gasteiger partial charge in [-0.2, -0.15) is 0 Å². The van der Waals surface area contributed by atoms with Crippen LogP contribution in [0.3, 0.4) is 0 Å². The maximum absolute atomic E-state index is 13.7. The van der Waals surface area contributed by atoms with Crippen molar-refractivity contribution in [3.63, 3.8) is 0 Å². The Morgan fingerprint density at radius 1 is 0.757 bits per heavy atom. The summed E-state index contributed by atoms with van der Waals surface area (Å²) in [6.45, 7) is 2.69. The Balaban J connectivity index is 1.39. The quantitative estimate of drug-likeness (QED) is 0.274. The molecule has 0 saturated carbocycles. The highest BCUT2D eigenvalue weighted by atomic mass is 35.5. The zero-order valence-electron chi connectivity index (χ0n) is 19.9. The van der Waals surface area contributed by atoms with Crippen LogP contribution in [0, 0.1) is 0 Å². The molecular weight excluding hydrogens is 505 g/mol. The molecule has 0 N–H and O–H groups in total. The van der Waals surface area contributed by atoms with Gasteiger partial charge in [0.1, 0.15) is 5.82 Å². The molecule has 1 aliphatic rings. The van der Waals surface area contributed by atoms with Crippen molar-refractivity contribution in [2.75, 3.05) is 31.1 Å². The number of carbonyl (C=O) groups is 1. The minimum Gasteiger partial charge on any atom is -0.353 e. The number of rotatable bonds is 4. The summed E-state index contributed by atoms with van der Waals surface area (Å²) in [5.74, 6) is 0.909. The normalized spacial score (nSPS) is 13.8. The fourth-order valence-electron chi connectivity index (χ4n) is 4.78. The highest BCUT2D eigenvalue weighted by Gasteiger charge is 2.26. The van der Waals surface area contributed by atoms with Crippen molar-refractivity contribution in [1.29, 1.82) is 0 Å². The molecule has 0 aliphatic carbocycles. The minimum atomic E-state index is -0.0263. The number of benzene rings is 2. The molecule has 8 heteroatoms. The molecule has 0 spiro atoms. The van der Waals surface area contributed by atoms with E-state index in [1.165, 1.54) is 0 Å². The standard InChI is InChI=1S/C29H23Cl2N5O/c30-22-10-6-20(7-11-22)26-27(21-8-12-23(31)13-9-21)36-15-3-4-24(28(36)33-26)29(37)35-18-16-34(17-19-35)25-5-1-2-14-32-25/h1-15H,16-19H2. The number of halogens is 2. The number of carbonyl (C=O) groups excluding carboxylic acids is 1. The topological polar surface area (TPSA) is 53.7 Å². The van der Waals surface area contributed by atoms with Gasteiger partial charge in [-0.25, -0.2) is 9.97 Å². The van der Waals surface area contributed by atoms with Crippen LogP contribution in [0.1, 0.15) is 10.4 Å². The molecule has 0 unspecified atom stereocenters. The Kier molecular flexibility index (Phi) is 6.28. The Morgan fingerprint density at radius 3 is 2.08 bits per heavy atom. The molecule has 6 rings (SSSR count). The molecule has 184 valence electrons. The molecule has 6 nitrogen and oxygen atoms in total. The van der Waals surface area contributed by atoms with Crippen LogP contribution in [0.4, 0.5) is 5.82 Å². The fraction of sp³-hybridized carbons (Fsp3) is 0.138. The largest absolute Gasteiger partial charge is 0.353 e. The van der Waals surface area contributed by atoms with Gasteiger partial charge in [0.15, 0.2) is 5.65 Å². The van der Waals surface area contributed by atoms with Gasteiger partial charge in [0.25, 0.3) is 5.91 Å². The lowest BCUT2D eigenvalue weighted by Gasteiger charge is -2.35. The van der Waals surface area contributed by atoms with Crippen LogP contribution in [0.5, 0.6) is 0 Å². The van der Waals surface area contributed by atoms with Crippen molar-refractivity contribution in [3.05, 3.63) is 107 Å². The van der Waals surface area contributed by atoms with Crippen LogP contribution in [0.25, 0.3) is 28.2 Å². The van der Waals surface area contributed by atoms with Gasteiger partial charge in [-0.3, -0.25) is 9.20 Å². The van der Waals surface area contributed by atoms with E-state index in [-0.39, 0.29) is 5.91 Å². The number of amides is 1. The maximum Gasteiger partial charge on any atom is 0.257 e. The van der Waals surface area contributed by atoms with Gasteiger partial charge in [-0.05, 0) is 48.5 Å². The van der Waals surface area contributed by atoms with Crippen molar-refractivity contribution in [3.8, 4) is 22.5 Å². The summed E-state index contributed by atoms with van der Waals surface area (Å²) in [6.07, 6.45) is 3.74. The lowest BCUT2D eigenvalue weighted by atomic mass is 10.0. The summed E-state index contributed by atoms with van der Waals surface area (Å²) in [6, 6.07) is 24.9. The zero-order valence-corrected chi connectivity index (χ0v) is 21.4. The monoisotopic (exact) mass is 527 g/mol. The van der Waals surface area contributed by atoms with Crippen LogP contribution in [-0.2, 0) is 0 Å². The molecule has 0 radical (unpaired) electrons. The Hall–Kier alpha value is -3.87. The van der Waals surface area contributed by atoms with Gasteiger partial charge in [0.05, 0.1) is 17.0 Å². The van der Waals surface area contributed by atoms with E-state index in [0.29, 0.717) is 34.3 Å². The van der Waals surface area contributed by atoms with E-state index in [9.17, 15) is 4.79 Å². The van der Waals surface area contributed by atoms with Crippen LogP contribution >= 0.6 is 23.2 Å². The van der Waals surface area contributed by atoms with Gasteiger partial charge >= 0.3 is 0 Å². The third kappa shape index (κ3) is 4.54. The average Bonchev–Trinajstić information content (AvgIpc) is 3.34. The van der Waals surface area contributed by atoms with Crippen molar-refractivity contribution in [2.24, 2.45) is 0 Å². The highest BCUT2D eigenvalue weighted by molar-refractivity contribution is 6.31. The summed E-state index contributed by atoms with van der Waals surface area (Å²) < 4.78 is 1.99. The van der Waals surface area contributed by atoms with Crippen LogP contribution in [-0.4, -0.2) is 51.4 Å². The third-order valence-electron chi connectivity index (χ3n) is 6.66. The van der Waals surface area contributed by atoms with Gasteiger partial charge in [-0.15, -0.1) is 0 Å². The number of anilines is 1. The molecule has 1 saturated heterocycles. The number of hydrogen-bond donors (Lipinski definition) is 0. The molecule has 4 heterocycles. The summed E-state index contributed by atoms with van der Waals surface area (Å²) >= 11 is 12.3. The first-order chi connectivity index (χ1) is 18.1. The van der Waals surface area contributed by atoms with E-state index >= 15 is 0 Å². The van der Waals surface area contributed by atoms with Crippen molar-refractivity contribution in [2.45, 2.75) is 0 Å². The second kappa shape index (κ2) is 9.88. The predicted octanol–water partition coefficient (Wildman–Crippen LogP) is 6.33. The molecule has 0 bridgehead atoms. The summed E-state index contributed by atoms with van der Waals surface area (Å²) in [4.78, 5) is 27.3. The van der Waals surface area contributed by atoms with E-state index < -0.39 is 0 Å². The molecule has 2 aromatic carbocycles. The smallest absolute Gasteiger partial charge is 0.257 e. The SMILES string of the molecule is O=C(c1cccn2c(-c3ccc(Cl)cc3)c(-c3ccc(Cl)cc3)nc12)N1CCN(c2ccccn2)CC1. The molecule has 1 aliphatic heterocycles. The molecule has 1 fully saturated rings. The number of hydrogen-bond acceptors (Lipinski definition) is 4. The average molecular weight is 528 g/mol. The van der Waals surface area contributed by atoms with E-state index in [0.717, 1.165) is 41.4 Å². The fourth-order valence-corrected chi connectivity index (χ4v) is 5.03. The molecule has 3 aromatic heterocycles. The highest BCUT2D eigenvalue weighted by Crippen LogP contribution is 2.35. The molecule has 37 heavy (non-hydrogen) atoms. The zero-order chi connectivity index (χ0) is 25.4. The van der Waals surface area contributed by atoms with Gasteiger partial charge in [-0.1, -0.05) is 53.5 Å². The molecular formula is C29H23Cl2N5O. The lowest BCUT2D eigenvalue weighted by Crippen LogP contribution is -2.49. The summed E-state index contributed by atoms with van der Waals surface area (Å²) in [7, 11) is 0. The first kappa shape index (κ1) is 23.5. The van der Waals surface area contributed by atoms with E-state index in [1.54, 1.807) is 6.20 Å². The number of aromatic nitrogens is 3. The second-order valence-corrected chi connectivity index (χ2v) is 9.78. The van der Waals surface area contributed by atoms with E-state index in [1.807, 2.05) is 94.4 Å². The Bertz CT molecular complexity index is 1560. The summed E-state index contributed by atoms with van der Waals surface area (Å²) in [5, 5.41) is 1.31. The minimum absolute atomic E-state index is 0.0263. The first-order valence-corrected chi connectivity index (χ1v) is 12.8. The van der Waals surface area contributed by atoms with Crippen molar-refractivity contribution >= 4 is 40.6 Å². The van der Waals surface area contributed by atoms with Crippen LogP contribution in [0.2, 0.25) is 10.0 Å². The second-order valence-electron chi connectivity index (χ2n) is 8.91. The van der Waals surface area contributed by atoms with E-state index in [2.05, 4.69) is 9.88 Å². The van der Waals surface area contributed by atoms with Crippen LogP contribution < -0.4 is 4.90 Å². The van der Waals surface area contributed by atoms with Gasteiger partial charge < -0.3 is 9.80 Å². The number of imidazole rings is 1. The van der Waals surface area contributed by atoms with Gasteiger partial charge in [0.2, 0.25) is 0 Å². The Morgan fingerprint density at radius 2 is 1.43 bits per heavy atom. The third-order valence-corrected chi connectivity index (χ3v) is 7.16. The van der Waals surface area contributed by atoms with E-state index in [4.69, 9.17) is 28.2 Å². The molecule has 5 aromatic rings. The lowest BCUT2D eigenvalue weighted by molar-refractivity contribution is 0.0748. The number of fused-ring (bicyclic) bond motifs is 1. The number of nitrogens with zero attached hydrogens (tertiary/aromatic N) is 5. The van der Waals surface area contributed by atoms with Gasteiger partial charge in [0, 0.05) is 59.7 Å².